The second kappa shape index (κ2) is 6.02. The van der Waals surface area contributed by atoms with Gasteiger partial charge in [-0.25, -0.2) is 0 Å². The summed E-state index contributed by atoms with van der Waals surface area (Å²) in [6.07, 6.45) is 0. The maximum atomic E-state index is 6.00. The van der Waals surface area contributed by atoms with Gasteiger partial charge in [0.05, 0.1) is 10.4 Å². The van der Waals surface area contributed by atoms with Crippen molar-refractivity contribution in [2.75, 3.05) is 7.05 Å². The molecule has 5 heteroatoms. The Balaban J connectivity index is 2.45. The van der Waals surface area contributed by atoms with Crippen LogP contribution in [0.2, 0.25) is 4.34 Å². The van der Waals surface area contributed by atoms with Gasteiger partial charge >= 0.3 is 0 Å². The maximum absolute atomic E-state index is 6.00. The molecule has 0 bridgehead atoms. The molecule has 1 heterocycles. The molecule has 1 aromatic heterocycles. The van der Waals surface area contributed by atoms with Crippen LogP contribution in [0.3, 0.4) is 0 Å². The monoisotopic (exact) mass is 441 g/mol. The van der Waals surface area contributed by atoms with E-state index in [-0.39, 0.29) is 6.04 Å². The third-order valence-electron chi connectivity index (χ3n) is 2.44. The summed E-state index contributed by atoms with van der Waals surface area (Å²) in [5.41, 5.74) is 1.26. The van der Waals surface area contributed by atoms with Crippen LogP contribution >= 0.6 is 61.5 Å². The van der Waals surface area contributed by atoms with Gasteiger partial charge in [-0.2, -0.15) is 0 Å². The molecule has 90 valence electrons. The maximum Gasteiger partial charge on any atom is 0.0931 e. The van der Waals surface area contributed by atoms with Gasteiger partial charge in [-0.1, -0.05) is 27.5 Å². The lowest BCUT2D eigenvalue weighted by atomic mass is 10.1. The molecule has 1 unspecified atom stereocenters. The molecular weight excluding hydrogens is 432 g/mol. The summed E-state index contributed by atoms with van der Waals surface area (Å²) >= 11 is 13.5. The van der Waals surface area contributed by atoms with Gasteiger partial charge in [0.2, 0.25) is 0 Å². The highest BCUT2D eigenvalue weighted by Crippen LogP contribution is 2.33. The van der Waals surface area contributed by atoms with E-state index < -0.39 is 0 Å². The first kappa shape index (κ1) is 13.8. The number of rotatable bonds is 3. The standard InChI is InChI=1S/C12H10BrClINS/c1-16-12(10-4-5-11(14)17-10)8-6-7(13)2-3-9(8)15/h2-6,12,16H,1H3. The molecule has 17 heavy (non-hydrogen) atoms. The molecule has 1 atom stereocenters. The van der Waals surface area contributed by atoms with Gasteiger partial charge in [0.15, 0.2) is 0 Å². The van der Waals surface area contributed by atoms with Crippen molar-refractivity contribution in [2.24, 2.45) is 0 Å². The first-order valence-electron chi connectivity index (χ1n) is 4.99. The third-order valence-corrected chi connectivity index (χ3v) is 5.21. The number of hydrogen-bond donors (Lipinski definition) is 1. The molecule has 2 aromatic rings. The van der Waals surface area contributed by atoms with Gasteiger partial charge in [-0.3, -0.25) is 0 Å². The highest BCUT2D eigenvalue weighted by atomic mass is 127. The van der Waals surface area contributed by atoms with Crippen molar-refractivity contribution in [3.05, 3.63) is 53.2 Å². The summed E-state index contributed by atoms with van der Waals surface area (Å²) in [5.74, 6) is 0. The number of halogens is 3. The van der Waals surface area contributed by atoms with Crippen molar-refractivity contribution in [3.8, 4) is 0 Å². The minimum atomic E-state index is 0.192. The summed E-state index contributed by atoms with van der Waals surface area (Å²) in [7, 11) is 1.97. The number of benzene rings is 1. The molecule has 0 fully saturated rings. The Morgan fingerprint density at radius 2 is 2.12 bits per heavy atom. The molecule has 1 nitrogen and oxygen atoms in total. The lowest BCUT2D eigenvalue weighted by molar-refractivity contribution is 0.700. The van der Waals surface area contributed by atoms with Crippen LogP contribution in [0.5, 0.6) is 0 Å². The van der Waals surface area contributed by atoms with E-state index in [0.717, 1.165) is 8.81 Å². The van der Waals surface area contributed by atoms with Crippen molar-refractivity contribution in [3.63, 3.8) is 0 Å². The van der Waals surface area contributed by atoms with Crippen LogP contribution in [0.4, 0.5) is 0 Å². The van der Waals surface area contributed by atoms with E-state index in [1.54, 1.807) is 11.3 Å². The van der Waals surface area contributed by atoms with Crippen molar-refractivity contribution in [1.82, 2.24) is 5.32 Å². The Morgan fingerprint density at radius 3 is 2.71 bits per heavy atom. The summed E-state index contributed by atoms with van der Waals surface area (Å²) < 4.78 is 3.16. The minimum absolute atomic E-state index is 0.192. The highest BCUT2D eigenvalue weighted by Gasteiger charge is 2.17. The molecule has 0 saturated heterocycles. The molecule has 0 saturated carbocycles. The van der Waals surface area contributed by atoms with Crippen LogP contribution in [0, 0.1) is 3.57 Å². The van der Waals surface area contributed by atoms with Crippen LogP contribution in [0.15, 0.2) is 34.8 Å². The molecule has 0 aliphatic rings. The minimum Gasteiger partial charge on any atom is -0.309 e. The zero-order chi connectivity index (χ0) is 12.4. The molecule has 0 spiro atoms. The van der Waals surface area contributed by atoms with Gasteiger partial charge < -0.3 is 5.32 Å². The molecule has 0 amide bonds. The Kier molecular flexibility index (Phi) is 4.88. The van der Waals surface area contributed by atoms with Gasteiger partial charge in [-0.15, -0.1) is 11.3 Å². The summed E-state index contributed by atoms with van der Waals surface area (Å²) in [4.78, 5) is 1.23. The van der Waals surface area contributed by atoms with Gasteiger partial charge in [0.1, 0.15) is 0 Å². The SMILES string of the molecule is CNC(c1ccc(Cl)s1)c1cc(Br)ccc1I. The van der Waals surface area contributed by atoms with Crippen molar-refractivity contribution < 1.29 is 0 Å². The number of hydrogen-bond acceptors (Lipinski definition) is 2. The Morgan fingerprint density at radius 1 is 1.35 bits per heavy atom. The topological polar surface area (TPSA) is 12.0 Å². The smallest absolute Gasteiger partial charge is 0.0931 e. The van der Waals surface area contributed by atoms with Gasteiger partial charge in [0.25, 0.3) is 0 Å². The van der Waals surface area contributed by atoms with Gasteiger partial charge in [0, 0.05) is 12.9 Å². The lowest BCUT2D eigenvalue weighted by Gasteiger charge is -2.17. The van der Waals surface area contributed by atoms with Gasteiger partial charge in [-0.05, 0) is 65.5 Å². The normalized spacial score (nSPS) is 12.7. The van der Waals surface area contributed by atoms with E-state index in [4.69, 9.17) is 11.6 Å². The van der Waals surface area contributed by atoms with Crippen molar-refractivity contribution in [2.45, 2.75) is 6.04 Å². The van der Waals surface area contributed by atoms with E-state index in [2.05, 4.69) is 68.1 Å². The summed E-state index contributed by atoms with van der Waals surface area (Å²) in [5, 5.41) is 3.34. The predicted molar refractivity (Wildman–Crippen MR) is 87.1 cm³/mol. The van der Waals surface area contributed by atoms with E-state index in [1.165, 1.54) is 14.0 Å². The molecule has 1 aromatic carbocycles. The molecule has 0 aliphatic heterocycles. The largest absolute Gasteiger partial charge is 0.309 e. The number of nitrogens with one attached hydrogen (secondary N) is 1. The van der Waals surface area contributed by atoms with Crippen LogP contribution in [0.25, 0.3) is 0 Å². The molecule has 0 radical (unpaired) electrons. The van der Waals surface area contributed by atoms with E-state index in [9.17, 15) is 0 Å². The van der Waals surface area contributed by atoms with Crippen LogP contribution in [-0.4, -0.2) is 7.05 Å². The van der Waals surface area contributed by atoms with Crippen LogP contribution in [-0.2, 0) is 0 Å². The second-order valence-electron chi connectivity index (χ2n) is 3.53. The fourth-order valence-electron chi connectivity index (χ4n) is 1.67. The van der Waals surface area contributed by atoms with E-state index in [0.29, 0.717) is 0 Å². The average molecular weight is 443 g/mol. The quantitative estimate of drug-likeness (QED) is 0.654. The first-order valence-corrected chi connectivity index (χ1v) is 8.06. The number of thiophene rings is 1. The lowest BCUT2D eigenvalue weighted by Crippen LogP contribution is -2.17. The Bertz CT molecular complexity index is 529. The van der Waals surface area contributed by atoms with Crippen LogP contribution < -0.4 is 5.32 Å². The van der Waals surface area contributed by atoms with Crippen molar-refractivity contribution >= 4 is 61.5 Å². The summed E-state index contributed by atoms with van der Waals surface area (Å²) in [6.45, 7) is 0. The van der Waals surface area contributed by atoms with E-state index in [1.807, 2.05) is 13.1 Å². The molecular formula is C12H10BrClINS. The molecule has 2 rings (SSSR count). The second-order valence-corrected chi connectivity index (χ2v) is 7.35. The zero-order valence-corrected chi connectivity index (χ0v) is 14.3. The average Bonchev–Trinajstić information content (AvgIpc) is 2.71. The summed E-state index contributed by atoms with van der Waals surface area (Å²) in [6, 6.07) is 10.5. The Labute approximate surface area is 132 Å². The predicted octanol–water partition coefficient (Wildman–Crippen LogP) is 5.08. The van der Waals surface area contributed by atoms with E-state index >= 15 is 0 Å². The third kappa shape index (κ3) is 3.23. The fraction of sp³-hybridized carbons (Fsp3) is 0.167. The first-order chi connectivity index (χ1) is 8.11. The molecule has 0 aliphatic carbocycles. The van der Waals surface area contributed by atoms with Crippen molar-refractivity contribution in [1.29, 1.82) is 0 Å². The Hall–Kier alpha value is 0.380. The highest BCUT2D eigenvalue weighted by molar-refractivity contribution is 14.1. The zero-order valence-electron chi connectivity index (χ0n) is 9.01. The molecule has 1 N–H and O–H groups in total. The van der Waals surface area contributed by atoms with Crippen LogP contribution in [0.1, 0.15) is 16.5 Å². The fourth-order valence-corrected chi connectivity index (χ4v) is 3.89.